The third-order valence-electron chi connectivity index (χ3n) is 4.93. The van der Waals surface area contributed by atoms with Crippen molar-refractivity contribution in [3.8, 4) is 16.8 Å². The molecule has 1 aromatic heterocycles. The van der Waals surface area contributed by atoms with Crippen LogP contribution in [0.25, 0.3) is 38.6 Å². The number of benzene rings is 4. The molecule has 1 nitrogen and oxygen atoms in total. The summed E-state index contributed by atoms with van der Waals surface area (Å²) in [7, 11) is 5.83. The lowest BCUT2D eigenvalue weighted by Crippen LogP contribution is -1.99. The highest BCUT2D eigenvalue weighted by Crippen LogP contribution is 2.34. The van der Waals surface area contributed by atoms with Gasteiger partial charge in [0.05, 0.1) is 11.0 Å². The van der Waals surface area contributed by atoms with Crippen molar-refractivity contribution in [1.29, 1.82) is 0 Å². The molecule has 1 heterocycles. The van der Waals surface area contributed by atoms with E-state index in [2.05, 4.69) is 89.5 Å². The van der Waals surface area contributed by atoms with Crippen LogP contribution < -0.4 is 5.46 Å². The van der Waals surface area contributed by atoms with Crippen molar-refractivity contribution in [2.75, 3.05) is 0 Å². The van der Waals surface area contributed by atoms with Gasteiger partial charge in [0, 0.05) is 16.5 Å². The second-order valence-electron chi connectivity index (χ2n) is 6.54. The topological polar surface area (TPSA) is 4.93 Å². The molecule has 2 radical (unpaired) electrons. The number of aromatic nitrogens is 1. The maximum Gasteiger partial charge on any atom is 0.113 e. The molecule has 0 unspecified atom stereocenters. The molecule has 0 amide bonds. The summed E-state index contributed by atoms with van der Waals surface area (Å²) in [4.78, 5) is 0. The molecule has 4 aromatic carbocycles. The Kier molecular flexibility index (Phi) is 3.43. The Morgan fingerprint density at radius 2 is 1.19 bits per heavy atom. The molecule has 0 saturated heterocycles. The Balaban J connectivity index is 1.82. The molecule has 120 valence electrons. The first kappa shape index (κ1) is 15.0. The highest BCUT2D eigenvalue weighted by molar-refractivity contribution is 6.32. The van der Waals surface area contributed by atoms with Crippen molar-refractivity contribution >= 4 is 35.1 Å². The molecular weight excluding hydrogens is 313 g/mol. The van der Waals surface area contributed by atoms with E-state index >= 15 is 0 Å². The number of hydrogen-bond acceptors (Lipinski definition) is 0. The fourth-order valence-corrected chi connectivity index (χ4v) is 3.68. The van der Waals surface area contributed by atoms with Gasteiger partial charge in [-0.2, -0.15) is 0 Å². The van der Waals surface area contributed by atoms with Crippen LogP contribution in [0.15, 0.2) is 97.1 Å². The van der Waals surface area contributed by atoms with E-state index in [1.165, 1.54) is 38.6 Å². The van der Waals surface area contributed by atoms with Crippen LogP contribution in [0, 0.1) is 0 Å². The van der Waals surface area contributed by atoms with Crippen molar-refractivity contribution in [1.82, 2.24) is 4.57 Å². The molecule has 0 bridgehead atoms. The zero-order valence-corrected chi connectivity index (χ0v) is 14.3. The first-order valence-electron chi connectivity index (χ1n) is 8.76. The van der Waals surface area contributed by atoms with E-state index in [0.717, 1.165) is 5.46 Å². The first-order chi connectivity index (χ1) is 12.8. The van der Waals surface area contributed by atoms with Gasteiger partial charge in [0.2, 0.25) is 0 Å². The van der Waals surface area contributed by atoms with Gasteiger partial charge >= 0.3 is 0 Å². The van der Waals surface area contributed by atoms with Crippen LogP contribution in [0.3, 0.4) is 0 Å². The van der Waals surface area contributed by atoms with Crippen molar-refractivity contribution in [3.63, 3.8) is 0 Å². The van der Waals surface area contributed by atoms with Crippen molar-refractivity contribution < 1.29 is 0 Å². The molecule has 0 aliphatic rings. The Morgan fingerprint density at radius 1 is 0.538 bits per heavy atom. The zero-order valence-electron chi connectivity index (χ0n) is 14.3. The molecule has 26 heavy (non-hydrogen) atoms. The predicted octanol–water partition coefficient (Wildman–Crippen LogP) is 5.24. The number of fused-ring (bicyclic) bond motifs is 3. The smallest absolute Gasteiger partial charge is 0.113 e. The van der Waals surface area contributed by atoms with Gasteiger partial charge in [-0.05, 0) is 41.5 Å². The Bertz CT molecular complexity index is 1220. The van der Waals surface area contributed by atoms with Gasteiger partial charge in [-0.3, -0.25) is 0 Å². The fraction of sp³-hybridized carbons (Fsp3) is 0. The minimum Gasteiger partial charge on any atom is -0.309 e. The normalized spacial score (nSPS) is 11.2. The summed E-state index contributed by atoms with van der Waals surface area (Å²) in [5.41, 5.74) is 6.79. The second kappa shape index (κ2) is 5.92. The fourth-order valence-electron chi connectivity index (χ4n) is 3.68. The summed E-state index contributed by atoms with van der Waals surface area (Å²) >= 11 is 0. The van der Waals surface area contributed by atoms with Gasteiger partial charge in [0.1, 0.15) is 7.85 Å². The second-order valence-corrected chi connectivity index (χ2v) is 6.54. The maximum absolute atomic E-state index is 5.83. The summed E-state index contributed by atoms with van der Waals surface area (Å²) in [5, 5.41) is 2.53. The first-order valence-corrected chi connectivity index (χ1v) is 8.76. The van der Waals surface area contributed by atoms with Crippen LogP contribution in [-0.2, 0) is 0 Å². The van der Waals surface area contributed by atoms with Gasteiger partial charge in [0.25, 0.3) is 0 Å². The Labute approximate surface area is 153 Å². The van der Waals surface area contributed by atoms with E-state index in [1.54, 1.807) is 0 Å². The highest BCUT2D eigenvalue weighted by Gasteiger charge is 2.12. The molecule has 0 fully saturated rings. The van der Waals surface area contributed by atoms with Crippen LogP contribution in [0.4, 0.5) is 0 Å². The molecule has 5 aromatic rings. The van der Waals surface area contributed by atoms with E-state index in [9.17, 15) is 0 Å². The zero-order chi connectivity index (χ0) is 17.5. The average molecular weight is 329 g/mol. The molecule has 0 saturated carbocycles. The quantitative estimate of drug-likeness (QED) is 0.390. The largest absolute Gasteiger partial charge is 0.309 e. The van der Waals surface area contributed by atoms with Crippen LogP contribution in [0.5, 0.6) is 0 Å². The van der Waals surface area contributed by atoms with E-state index < -0.39 is 0 Å². The van der Waals surface area contributed by atoms with E-state index in [1.807, 2.05) is 12.1 Å². The van der Waals surface area contributed by atoms with Crippen LogP contribution in [0.2, 0.25) is 0 Å². The predicted molar refractivity (Wildman–Crippen MR) is 112 cm³/mol. The molecule has 0 N–H and O–H groups in total. The molecule has 5 rings (SSSR count). The molecule has 0 aliphatic heterocycles. The summed E-state index contributed by atoms with van der Waals surface area (Å²) in [5.74, 6) is 0. The van der Waals surface area contributed by atoms with Gasteiger partial charge in [-0.25, -0.2) is 0 Å². The van der Waals surface area contributed by atoms with E-state index in [4.69, 9.17) is 7.85 Å². The molecule has 0 aliphatic carbocycles. The van der Waals surface area contributed by atoms with Crippen LogP contribution in [0.1, 0.15) is 0 Å². The summed E-state index contributed by atoms with van der Waals surface area (Å²) < 4.78 is 2.33. The molecule has 0 spiro atoms. The minimum absolute atomic E-state index is 0.788. The summed E-state index contributed by atoms with van der Waals surface area (Å²) in [6, 6.07) is 33.8. The number of nitrogens with zero attached hydrogens (tertiary/aromatic N) is 1. The lowest BCUT2D eigenvalue weighted by atomic mass is 9.93. The third-order valence-corrected chi connectivity index (χ3v) is 4.93. The standard InChI is InChI=1S/C24H16BN/c25-19-13-10-17(11-14-19)18-12-15-24-22(16-18)21-8-4-5-9-23(21)26(24)20-6-2-1-3-7-20/h1-16H. The molecular formula is C24H16BN. The summed E-state index contributed by atoms with van der Waals surface area (Å²) in [6.07, 6.45) is 0. The highest BCUT2D eigenvalue weighted by atomic mass is 15.0. The SMILES string of the molecule is [B]c1ccc(-c2ccc3c(c2)c2ccccc2n3-c2ccccc2)cc1. The van der Waals surface area contributed by atoms with Gasteiger partial charge in [0.15, 0.2) is 0 Å². The van der Waals surface area contributed by atoms with Crippen molar-refractivity contribution in [2.45, 2.75) is 0 Å². The van der Waals surface area contributed by atoms with Crippen molar-refractivity contribution in [3.05, 3.63) is 97.1 Å². The van der Waals surface area contributed by atoms with Crippen LogP contribution >= 0.6 is 0 Å². The van der Waals surface area contributed by atoms with Crippen molar-refractivity contribution in [2.24, 2.45) is 0 Å². The number of hydrogen-bond donors (Lipinski definition) is 0. The average Bonchev–Trinajstić information content (AvgIpc) is 3.03. The third kappa shape index (κ3) is 2.34. The monoisotopic (exact) mass is 329 g/mol. The Hall–Kier alpha value is -3.26. The lowest BCUT2D eigenvalue weighted by molar-refractivity contribution is 1.18. The molecule has 2 heteroatoms. The lowest BCUT2D eigenvalue weighted by Gasteiger charge is -2.08. The van der Waals surface area contributed by atoms with Gasteiger partial charge < -0.3 is 4.57 Å². The number of para-hydroxylation sites is 2. The van der Waals surface area contributed by atoms with E-state index in [0.29, 0.717) is 0 Å². The number of rotatable bonds is 2. The summed E-state index contributed by atoms with van der Waals surface area (Å²) in [6.45, 7) is 0. The van der Waals surface area contributed by atoms with E-state index in [-0.39, 0.29) is 0 Å². The maximum atomic E-state index is 5.83. The van der Waals surface area contributed by atoms with Crippen LogP contribution in [-0.4, -0.2) is 12.4 Å². The van der Waals surface area contributed by atoms with Gasteiger partial charge in [-0.1, -0.05) is 72.2 Å². The molecule has 0 atom stereocenters. The minimum atomic E-state index is 0.788. The Morgan fingerprint density at radius 3 is 2.00 bits per heavy atom. The van der Waals surface area contributed by atoms with Gasteiger partial charge in [-0.15, -0.1) is 0 Å².